The summed E-state index contributed by atoms with van der Waals surface area (Å²) in [6.07, 6.45) is 0.910. The second-order valence-corrected chi connectivity index (χ2v) is 7.49. The van der Waals surface area contributed by atoms with Crippen LogP contribution < -0.4 is 9.47 Å². The van der Waals surface area contributed by atoms with Gasteiger partial charge in [-0.1, -0.05) is 23.8 Å². The summed E-state index contributed by atoms with van der Waals surface area (Å²) in [7, 11) is 3.31. The molecule has 3 aromatic rings. The molecule has 1 N–H and O–H groups in total. The zero-order valence-electron chi connectivity index (χ0n) is 16.8. The maximum atomic E-state index is 13.2. The number of benzene rings is 2. The molecule has 1 fully saturated rings. The topological polar surface area (TPSA) is 54.6 Å². The number of hydrogen-bond acceptors (Lipinski definition) is 3. The molecule has 0 spiro atoms. The van der Waals surface area contributed by atoms with Crippen LogP contribution >= 0.6 is 0 Å². The number of para-hydroxylation sites is 1. The molecule has 0 radical (unpaired) electrons. The Morgan fingerprint density at radius 1 is 1.14 bits per heavy atom. The fraction of sp³-hybridized carbons (Fsp3) is 0.348. The summed E-state index contributed by atoms with van der Waals surface area (Å²) in [4.78, 5) is 18.5. The number of amides is 1. The highest BCUT2D eigenvalue weighted by molar-refractivity contribution is 6.01. The Hall–Kier alpha value is -2.95. The van der Waals surface area contributed by atoms with Crippen molar-refractivity contribution in [1.29, 1.82) is 0 Å². The first-order valence-corrected chi connectivity index (χ1v) is 9.62. The maximum Gasteiger partial charge on any atom is 0.270 e. The summed E-state index contributed by atoms with van der Waals surface area (Å²) in [6.45, 7) is 5.50. The molecule has 146 valence electrons. The third-order valence-corrected chi connectivity index (χ3v) is 5.78. The molecule has 1 unspecified atom stereocenters. The molecule has 2 aromatic carbocycles. The number of carbonyl (C=O) groups excluding carboxylic acids is 1. The molecule has 1 aliphatic rings. The van der Waals surface area contributed by atoms with Gasteiger partial charge in [-0.05, 0) is 44.0 Å². The van der Waals surface area contributed by atoms with Crippen molar-refractivity contribution in [1.82, 2.24) is 9.88 Å². The number of H-pyrrole nitrogens is 1. The fourth-order valence-corrected chi connectivity index (χ4v) is 4.24. The summed E-state index contributed by atoms with van der Waals surface area (Å²) >= 11 is 0. The van der Waals surface area contributed by atoms with E-state index in [4.69, 9.17) is 9.47 Å². The summed E-state index contributed by atoms with van der Waals surface area (Å²) < 4.78 is 11.0. The molecule has 5 heteroatoms. The van der Waals surface area contributed by atoms with Gasteiger partial charge in [0, 0.05) is 35.5 Å². The van der Waals surface area contributed by atoms with Gasteiger partial charge in [0.2, 0.25) is 0 Å². The van der Waals surface area contributed by atoms with Crippen LogP contribution in [0.5, 0.6) is 11.5 Å². The quantitative estimate of drug-likeness (QED) is 0.731. The van der Waals surface area contributed by atoms with Crippen molar-refractivity contribution in [2.75, 3.05) is 27.3 Å². The summed E-state index contributed by atoms with van der Waals surface area (Å²) in [5.41, 5.74) is 5.02. The number of rotatable bonds is 4. The Morgan fingerprint density at radius 3 is 2.71 bits per heavy atom. The molecule has 1 atom stereocenters. The Kier molecular flexibility index (Phi) is 4.75. The van der Waals surface area contributed by atoms with Crippen molar-refractivity contribution in [2.24, 2.45) is 0 Å². The smallest absolute Gasteiger partial charge is 0.270 e. The Morgan fingerprint density at radius 2 is 1.96 bits per heavy atom. The minimum Gasteiger partial charge on any atom is -0.493 e. The second-order valence-electron chi connectivity index (χ2n) is 7.49. The number of carbonyl (C=O) groups is 1. The fourth-order valence-electron chi connectivity index (χ4n) is 4.24. The number of aromatic amines is 1. The lowest BCUT2D eigenvalue weighted by molar-refractivity contribution is 0.0785. The summed E-state index contributed by atoms with van der Waals surface area (Å²) in [5, 5.41) is 1.12. The monoisotopic (exact) mass is 378 g/mol. The van der Waals surface area contributed by atoms with E-state index in [0.717, 1.165) is 46.5 Å². The average Bonchev–Trinajstić information content (AvgIpc) is 3.32. The molecule has 1 amide bonds. The van der Waals surface area contributed by atoms with Gasteiger partial charge in [-0.25, -0.2) is 0 Å². The van der Waals surface area contributed by atoms with Crippen LogP contribution in [0, 0.1) is 13.8 Å². The van der Waals surface area contributed by atoms with Crippen LogP contribution in [0.15, 0.2) is 36.4 Å². The number of methoxy groups -OCH3 is 2. The van der Waals surface area contributed by atoms with Gasteiger partial charge in [0.15, 0.2) is 11.5 Å². The lowest BCUT2D eigenvalue weighted by atomic mass is 9.97. The summed E-state index contributed by atoms with van der Waals surface area (Å²) in [5.74, 6) is 1.80. The van der Waals surface area contributed by atoms with Crippen LogP contribution in [0.1, 0.15) is 39.5 Å². The molecule has 1 saturated heterocycles. The van der Waals surface area contributed by atoms with E-state index in [0.29, 0.717) is 12.2 Å². The van der Waals surface area contributed by atoms with E-state index < -0.39 is 0 Å². The molecular formula is C23H26N2O3. The van der Waals surface area contributed by atoms with Gasteiger partial charge in [-0.2, -0.15) is 0 Å². The second kappa shape index (κ2) is 7.23. The maximum absolute atomic E-state index is 13.2. The SMILES string of the molecule is COc1cccc(C2CCN(C(=O)c3[nH]c4ccc(C)cc4c3C)C2)c1OC. The minimum atomic E-state index is 0.0655. The lowest BCUT2D eigenvalue weighted by Gasteiger charge is -2.19. The largest absolute Gasteiger partial charge is 0.493 e. The molecule has 0 bridgehead atoms. The average molecular weight is 378 g/mol. The van der Waals surface area contributed by atoms with Gasteiger partial charge in [-0.15, -0.1) is 0 Å². The Balaban J connectivity index is 1.60. The molecule has 5 nitrogen and oxygen atoms in total. The van der Waals surface area contributed by atoms with Crippen LogP contribution in [-0.4, -0.2) is 43.1 Å². The van der Waals surface area contributed by atoms with Crippen LogP contribution in [-0.2, 0) is 0 Å². The van der Waals surface area contributed by atoms with E-state index in [9.17, 15) is 4.79 Å². The third-order valence-electron chi connectivity index (χ3n) is 5.78. The van der Waals surface area contributed by atoms with E-state index in [1.165, 1.54) is 5.56 Å². The minimum absolute atomic E-state index is 0.0655. The lowest BCUT2D eigenvalue weighted by Crippen LogP contribution is -2.29. The van der Waals surface area contributed by atoms with Crippen molar-refractivity contribution in [3.63, 3.8) is 0 Å². The van der Waals surface area contributed by atoms with Gasteiger partial charge < -0.3 is 19.4 Å². The Bertz CT molecular complexity index is 1040. The number of nitrogens with one attached hydrogen (secondary N) is 1. The molecule has 1 aliphatic heterocycles. The summed E-state index contributed by atoms with van der Waals surface area (Å²) in [6, 6.07) is 12.2. The highest BCUT2D eigenvalue weighted by atomic mass is 16.5. The van der Waals surface area contributed by atoms with E-state index in [1.54, 1.807) is 14.2 Å². The number of nitrogens with zero attached hydrogens (tertiary/aromatic N) is 1. The van der Waals surface area contributed by atoms with Crippen LogP contribution in [0.25, 0.3) is 10.9 Å². The van der Waals surface area contributed by atoms with E-state index in [-0.39, 0.29) is 11.8 Å². The molecule has 2 heterocycles. The number of hydrogen-bond donors (Lipinski definition) is 1. The van der Waals surface area contributed by atoms with Crippen molar-refractivity contribution >= 4 is 16.8 Å². The van der Waals surface area contributed by atoms with Gasteiger partial charge in [0.25, 0.3) is 5.91 Å². The van der Waals surface area contributed by atoms with Crippen LogP contribution in [0.2, 0.25) is 0 Å². The van der Waals surface area contributed by atoms with Gasteiger partial charge in [-0.3, -0.25) is 4.79 Å². The van der Waals surface area contributed by atoms with Crippen molar-refractivity contribution in [3.05, 3.63) is 58.8 Å². The predicted molar refractivity (Wildman–Crippen MR) is 111 cm³/mol. The number of likely N-dealkylation sites (tertiary alicyclic amines) is 1. The standard InChI is InChI=1S/C23H26N2O3/c1-14-8-9-19-18(12-14)15(2)21(24-19)23(26)25-11-10-16(13-25)17-6-5-7-20(27-3)22(17)28-4/h5-9,12,16,24H,10-11,13H2,1-4H3. The van der Waals surface area contributed by atoms with Crippen molar-refractivity contribution in [3.8, 4) is 11.5 Å². The molecular weight excluding hydrogens is 352 g/mol. The number of aromatic nitrogens is 1. The first kappa shape index (κ1) is 18.4. The van der Waals surface area contributed by atoms with E-state index in [2.05, 4.69) is 30.1 Å². The van der Waals surface area contributed by atoms with Crippen LogP contribution in [0.3, 0.4) is 0 Å². The van der Waals surface area contributed by atoms with Crippen molar-refractivity contribution < 1.29 is 14.3 Å². The zero-order chi connectivity index (χ0) is 19.8. The third kappa shape index (κ3) is 3.01. The first-order valence-electron chi connectivity index (χ1n) is 9.62. The van der Waals surface area contributed by atoms with Crippen LogP contribution in [0.4, 0.5) is 0 Å². The predicted octanol–water partition coefficient (Wildman–Crippen LogP) is 4.43. The van der Waals surface area contributed by atoms with Gasteiger partial charge in [0.05, 0.1) is 14.2 Å². The molecule has 0 saturated carbocycles. The molecule has 1 aromatic heterocycles. The number of ether oxygens (including phenoxy) is 2. The number of fused-ring (bicyclic) bond motifs is 1. The zero-order valence-corrected chi connectivity index (χ0v) is 16.8. The van der Waals surface area contributed by atoms with Gasteiger partial charge >= 0.3 is 0 Å². The normalized spacial score (nSPS) is 16.6. The van der Waals surface area contributed by atoms with Crippen molar-refractivity contribution in [2.45, 2.75) is 26.2 Å². The molecule has 4 rings (SSSR count). The van der Waals surface area contributed by atoms with E-state index >= 15 is 0 Å². The first-order chi connectivity index (χ1) is 13.5. The molecule has 28 heavy (non-hydrogen) atoms. The van der Waals surface area contributed by atoms with Gasteiger partial charge in [0.1, 0.15) is 5.69 Å². The molecule has 0 aliphatic carbocycles. The highest BCUT2D eigenvalue weighted by Crippen LogP contribution is 2.39. The van der Waals surface area contributed by atoms with E-state index in [1.807, 2.05) is 30.0 Å². The number of aryl methyl sites for hydroxylation is 2. The highest BCUT2D eigenvalue weighted by Gasteiger charge is 2.31. The Labute approximate surface area is 165 Å².